The molecule has 3 rings (SSSR count). The molecule has 4 nitrogen and oxygen atoms in total. The summed E-state index contributed by atoms with van der Waals surface area (Å²) in [5, 5.41) is 0. The Labute approximate surface area is 119 Å². The SMILES string of the molecule is O=C1C(OCOC2CCCC2)CCN1c1ccccc1. The van der Waals surface area contributed by atoms with Crippen molar-refractivity contribution in [3.8, 4) is 0 Å². The number of amides is 1. The summed E-state index contributed by atoms with van der Waals surface area (Å²) in [5.41, 5.74) is 0.945. The molecule has 1 heterocycles. The molecule has 1 amide bonds. The van der Waals surface area contributed by atoms with Crippen LogP contribution in [-0.2, 0) is 14.3 Å². The van der Waals surface area contributed by atoms with Crippen LogP contribution in [0.15, 0.2) is 30.3 Å². The summed E-state index contributed by atoms with van der Waals surface area (Å²) in [6, 6.07) is 9.75. The van der Waals surface area contributed by atoms with Gasteiger partial charge in [0.1, 0.15) is 12.9 Å². The number of ether oxygens (including phenoxy) is 2. The average Bonchev–Trinajstić information content (AvgIpc) is 3.11. The van der Waals surface area contributed by atoms with Gasteiger partial charge >= 0.3 is 0 Å². The number of rotatable bonds is 5. The first kappa shape index (κ1) is 13.6. The highest BCUT2D eigenvalue weighted by molar-refractivity contribution is 5.98. The van der Waals surface area contributed by atoms with Crippen LogP contribution in [0, 0.1) is 0 Å². The van der Waals surface area contributed by atoms with Crippen molar-refractivity contribution >= 4 is 11.6 Å². The zero-order chi connectivity index (χ0) is 13.8. The lowest BCUT2D eigenvalue weighted by molar-refractivity contribution is -0.144. The maximum Gasteiger partial charge on any atom is 0.256 e. The van der Waals surface area contributed by atoms with Crippen LogP contribution in [0.25, 0.3) is 0 Å². The molecule has 1 aliphatic heterocycles. The van der Waals surface area contributed by atoms with Crippen LogP contribution in [-0.4, -0.2) is 31.5 Å². The van der Waals surface area contributed by atoms with Gasteiger partial charge in [-0.2, -0.15) is 0 Å². The van der Waals surface area contributed by atoms with E-state index in [1.54, 1.807) is 4.90 Å². The highest BCUT2D eigenvalue weighted by Gasteiger charge is 2.33. The number of nitrogens with zero attached hydrogens (tertiary/aromatic N) is 1. The Hall–Kier alpha value is -1.39. The lowest BCUT2D eigenvalue weighted by Crippen LogP contribution is -2.31. The second kappa shape index (κ2) is 6.37. The van der Waals surface area contributed by atoms with E-state index in [2.05, 4.69) is 0 Å². The molecule has 1 saturated heterocycles. The number of anilines is 1. The van der Waals surface area contributed by atoms with Crippen molar-refractivity contribution < 1.29 is 14.3 Å². The van der Waals surface area contributed by atoms with E-state index in [-0.39, 0.29) is 18.8 Å². The molecule has 0 bridgehead atoms. The Morgan fingerprint density at radius 1 is 1.05 bits per heavy atom. The number of benzene rings is 1. The van der Waals surface area contributed by atoms with E-state index in [4.69, 9.17) is 9.47 Å². The summed E-state index contributed by atoms with van der Waals surface area (Å²) in [7, 11) is 0. The molecule has 108 valence electrons. The molecular weight excluding hydrogens is 254 g/mol. The first-order chi connectivity index (χ1) is 9.84. The number of hydrogen-bond acceptors (Lipinski definition) is 3. The fourth-order valence-corrected chi connectivity index (χ4v) is 2.95. The van der Waals surface area contributed by atoms with Crippen LogP contribution in [0.2, 0.25) is 0 Å². The molecule has 2 aliphatic rings. The molecule has 0 N–H and O–H groups in total. The standard InChI is InChI=1S/C16H21NO3/c18-16-15(20-12-19-14-8-4-5-9-14)10-11-17(16)13-6-2-1-3-7-13/h1-3,6-7,14-15H,4-5,8-12H2. The molecule has 0 radical (unpaired) electrons. The van der Waals surface area contributed by atoms with Gasteiger partial charge in [0.25, 0.3) is 5.91 Å². The second-order valence-corrected chi connectivity index (χ2v) is 5.46. The van der Waals surface area contributed by atoms with Crippen LogP contribution in [0.3, 0.4) is 0 Å². The van der Waals surface area contributed by atoms with Crippen molar-refractivity contribution in [1.29, 1.82) is 0 Å². The first-order valence-corrected chi connectivity index (χ1v) is 7.44. The number of para-hydroxylation sites is 1. The van der Waals surface area contributed by atoms with E-state index >= 15 is 0 Å². The minimum Gasteiger partial charge on any atom is -0.352 e. The third-order valence-corrected chi connectivity index (χ3v) is 4.10. The van der Waals surface area contributed by atoms with Crippen molar-refractivity contribution in [1.82, 2.24) is 0 Å². The van der Waals surface area contributed by atoms with E-state index in [1.165, 1.54) is 12.8 Å². The van der Waals surface area contributed by atoms with Gasteiger partial charge in [0.2, 0.25) is 0 Å². The van der Waals surface area contributed by atoms with Crippen LogP contribution < -0.4 is 4.90 Å². The van der Waals surface area contributed by atoms with Crippen molar-refractivity contribution in [3.05, 3.63) is 30.3 Å². The number of hydrogen-bond donors (Lipinski definition) is 0. The predicted molar refractivity (Wildman–Crippen MR) is 76.5 cm³/mol. The summed E-state index contributed by atoms with van der Waals surface area (Å²) in [4.78, 5) is 14.1. The molecule has 1 saturated carbocycles. The lowest BCUT2D eigenvalue weighted by atomic mass is 10.3. The zero-order valence-electron chi connectivity index (χ0n) is 11.7. The van der Waals surface area contributed by atoms with Gasteiger partial charge in [-0.1, -0.05) is 31.0 Å². The number of carbonyl (C=O) groups is 1. The predicted octanol–water partition coefficient (Wildman–Crippen LogP) is 2.73. The van der Waals surface area contributed by atoms with Gasteiger partial charge < -0.3 is 14.4 Å². The summed E-state index contributed by atoms with van der Waals surface area (Å²) in [6.07, 6.45) is 5.45. The summed E-state index contributed by atoms with van der Waals surface area (Å²) < 4.78 is 11.3. The van der Waals surface area contributed by atoms with Gasteiger partial charge in [-0.3, -0.25) is 4.79 Å². The Morgan fingerprint density at radius 2 is 1.80 bits per heavy atom. The van der Waals surface area contributed by atoms with E-state index in [1.807, 2.05) is 30.3 Å². The van der Waals surface area contributed by atoms with Crippen molar-refractivity contribution in [2.75, 3.05) is 18.2 Å². The summed E-state index contributed by atoms with van der Waals surface area (Å²) >= 11 is 0. The first-order valence-electron chi connectivity index (χ1n) is 7.44. The monoisotopic (exact) mass is 275 g/mol. The van der Waals surface area contributed by atoms with Gasteiger partial charge in [0.05, 0.1) is 6.10 Å². The third kappa shape index (κ3) is 3.02. The van der Waals surface area contributed by atoms with Gasteiger partial charge in [-0.15, -0.1) is 0 Å². The fraction of sp³-hybridized carbons (Fsp3) is 0.562. The summed E-state index contributed by atoms with van der Waals surface area (Å²) in [5.74, 6) is 0.0474. The van der Waals surface area contributed by atoms with Gasteiger partial charge in [0, 0.05) is 18.7 Å². The maximum atomic E-state index is 12.3. The van der Waals surface area contributed by atoms with Gasteiger partial charge in [-0.25, -0.2) is 0 Å². The molecule has 0 aromatic heterocycles. The largest absolute Gasteiger partial charge is 0.352 e. The minimum atomic E-state index is -0.350. The third-order valence-electron chi connectivity index (χ3n) is 4.10. The molecule has 20 heavy (non-hydrogen) atoms. The van der Waals surface area contributed by atoms with E-state index in [9.17, 15) is 4.79 Å². The average molecular weight is 275 g/mol. The van der Waals surface area contributed by atoms with Crippen LogP contribution >= 0.6 is 0 Å². The Morgan fingerprint density at radius 3 is 2.55 bits per heavy atom. The zero-order valence-corrected chi connectivity index (χ0v) is 11.7. The van der Waals surface area contributed by atoms with Crippen molar-refractivity contribution in [2.45, 2.75) is 44.3 Å². The van der Waals surface area contributed by atoms with E-state index in [0.29, 0.717) is 6.10 Å². The molecule has 1 unspecified atom stereocenters. The van der Waals surface area contributed by atoms with E-state index in [0.717, 1.165) is 31.5 Å². The molecule has 1 aliphatic carbocycles. The van der Waals surface area contributed by atoms with Crippen LogP contribution in [0.5, 0.6) is 0 Å². The second-order valence-electron chi connectivity index (χ2n) is 5.46. The van der Waals surface area contributed by atoms with E-state index < -0.39 is 0 Å². The Kier molecular flexibility index (Phi) is 4.33. The molecule has 1 atom stereocenters. The topological polar surface area (TPSA) is 38.8 Å². The molecular formula is C16H21NO3. The molecule has 0 spiro atoms. The van der Waals surface area contributed by atoms with Gasteiger partial charge in [-0.05, 0) is 25.0 Å². The van der Waals surface area contributed by atoms with Crippen LogP contribution in [0.4, 0.5) is 5.69 Å². The Balaban J connectivity index is 1.48. The molecule has 2 fully saturated rings. The Bertz CT molecular complexity index is 442. The normalized spacial score (nSPS) is 23.7. The highest BCUT2D eigenvalue weighted by Crippen LogP contribution is 2.24. The maximum absolute atomic E-state index is 12.3. The number of carbonyl (C=O) groups excluding carboxylic acids is 1. The van der Waals surface area contributed by atoms with Crippen LogP contribution in [0.1, 0.15) is 32.1 Å². The highest BCUT2D eigenvalue weighted by atomic mass is 16.7. The molecule has 4 heteroatoms. The lowest BCUT2D eigenvalue weighted by Gasteiger charge is -2.17. The molecule has 1 aromatic carbocycles. The fourth-order valence-electron chi connectivity index (χ4n) is 2.95. The van der Waals surface area contributed by atoms with Gasteiger partial charge in [0.15, 0.2) is 0 Å². The summed E-state index contributed by atoms with van der Waals surface area (Å²) in [6.45, 7) is 0.959. The van der Waals surface area contributed by atoms with Crippen molar-refractivity contribution in [3.63, 3.8) is 0 Å². The van der Waals surface area contributed by atoms with Crippen molar-refractivity contribution in [2.24, 2.45) is 0 Å². The smallest absolute Gasteiger partial charge is 0.256 e. The quantitative estimate of drug-likeness (QED) is 0.776. The minimum absolute atomic E-state index is 0.0474. The molecule has 1 aromatic rings.